The van der Waals surface area contributed by atoms with Crippen molar-refractivity contribution in [3.8, 4) is 0 Å². The van der Waals surface area contributed by atoms with E-state index >= 15 is 0 Å². The van der Waals surface area contributed by atoms with Gasteiger partial charge in [-0.25, -0.2) is 4.39 Å². The number of nitrogens with one attached hydrogen (secondary N) is 1. The first-order chi connectivity index (χ1) is 13.4. The standard InChI is InChI=1S/C21H18FN3O3/c1-11-16-17(21(24-11)14-4-2-3-5-15(14)23-20(21)28)19(27)25(18(16)26)10-12-6-8-13(22)9-7-12/h2-9,11,16-17,24H,10H2,1H3,(H,23,28)/p+1/t11-,16-,17+,21-/m1/s1. The predicted octanol–water partition coefficient (Wildman–Crippen LogP) is 0.740. The van der Waals surface area contributed by atoms with E-state index in [9.17, 15) is 18.8 Å². The van der Waals surface area contributed by atoms with Crippen molar-refractivity contribution in [1.82, 2.24) is 4.90 Å². The summed E-state index contributed by atoms with van der Waals surface area (Å²) in [5.74, 6) is -2.55. The molecule has 6 nitrogen and oxygen atoms in total. The van der Waals surface area contributed by atoms with Crippen LogP contribution in [0.2, 0.25) is 0 Å². The SMILES string of the molecule is C[C@H]1[NH2+][C@@]2(C(=O)Nc3ccccc32)[C@@H]2C(=O)N(Cc3ccc(F)cc3)C(=O)[C@@H]21. The maximum atomic E-state index is 13.4. The van der Waals surface area contributed by atoms with Gasteiger partial charge in [0.2, 0.25) is 17.4 Å². The number of nitrogens with two attached hydrogens (primary N) is 1. The molecule has 3 aliphatic heterocycles. The highest BCUT2D eigenvalue weighted by Crippen LogP contribution is 2.48. The first-order valence-corrected chi connectivity index (χ1v) is 9.30. The number of para-hydroxylation sites is 1. The van der Waals surface area contributed by atoms with E-state index in [1.165, 1.54) is 17.0 Å². The molecule has 0 unspecified atom stereocenters. The first-order valence-electron chi connectivity index (χ1n) is 9.30. The van der Waals surface area contributed by atoms with Gasteiger partial charge in [0.05, 0.1) is 18.3 Å². The Kier molecular flexibility index (Phi) is 3.49. The van der Waals surface area contributed by atoms with Crippen LogP contribution in [0.1, 0.15) is 18.1 Å². The number of rotatable bonds is 2. The number of nitrogens with zero attached hydrogens (tertiary/aromatic N) is 1. The Morgan fingerprint density at radius 1 is 1.07 bits per heavy atom. The topological polar surface area (TPSA) is 83.1 Å². The van der Waals surface area contributed by atoms with Crippen LogP contribution in [0.25, 0.3) is 0 Å². The number of hydrogen-bond acceptors (Lipinski definition) is 3. The lowest BCUT2D eigenvalue weighted by molar-refractivity contribution is -0.730. The van der Waals surface area contributed by atoms with Crippen molar-refractivity contribution in [2.24, 2.45) is 11.8 Å². The summed E-state index contributed by atoms with van der Waals surface area (Å²) >= 11 is 0. The van der Waals surface area contributed by atoms with Crippen molar-refractivity contribution < 1.29 is 24.1 Å². The zero-order valence-corrected chi connectivity index (χ0v) is 15.2. The summed E-state index contributed by atoms with van der Waals surface area (Å²) < 4.78 is 13.2. The highest BCUT2D eigenvalue weighted by Gasteiger charge is 2.73. The Hall–Kier alpha value is -3.06. The average Bonchev–Trinajstić information content (AvgIpc) is 3.23. The van der Waals surface area contributed by atoms with Gasteiger partial charge < -0.3 is 10.6 Å². The fourth-order valence-electron chi connectivity index (χ4n) is 5.08. The minimum absolute atomic E-state index is 0.0804. The van der Waals surface area contributed by atoms with E-state index in [1.807, 2.05) is 36.5 Å². The summed E-state index contributed by atoms with van der Waals surface area (Å²) in [6, 6.07) is 12.8. The number of likely N-dealkylation sites (tertiary alicyclic amines) is 1. The third kappa shape index (κ3) is 2.08. The van der Waals surface area contributed by atoms with Gasteiger partial charge in [-0.3, -0.25) is 19.3 Å². The van der Waals surface area contributed by atoms with Gasteiger partial charge in [-0.15, -0.1) is 0 Å². The van der Waals surface area contributed by atoms with Crippen LogP contribution in [-0.4, -0.2) is 28.7 Å². The smallest absolute Gasteiger partial charge is 0.291 e. The first kappa shape index (κ1) is 17.1. The molecule has 2 aromatic rings. The average molecular weight is 380 g/mol. The van der Waals surface area contributed by atoms with Gasteiger partial charge in [-0.05, 0) is 30.7 Å². The van der Waals surface area contributed by atoms with Crippen molar-refractivity contribution in [2.75, 3.05) is 5.32 Å². The molecule has 0 radical (unpaired) electrons. The monoisotopic (exact) mass is 380 g/mol. The Morgan fingerprint density at radius 3 is 2.54 bits per heavy atom. The third-order valence-corrected chi connectivity index (χ3v) is 6.28. The van der Waals surface area contributed by atoms with Gasteiger partial charge in [0.15, 0.2) is 0 Å². The number of benzene rings is 2. The molecule has 1 spiro atoms. The number of imide groups is 1. The van der Waals surface area contributed by atoms with Gasteiger partial charge >= 0.3 is 0 Å². The summed E-state index contributed by atoms with van der Waals surface area (Å²) in [7, 11) is 0. The van der Waals surface area contributed by atoms with E-state index in [-0.39, 0.29) is 36.1 Å². The Morgan fingerprint density at radius 2 is 1.79 bits per heavy atom. The summed E-state index contributed by atoms with van der Waals surface area (Å²) in [4.78, 5) is 40.7. The molecule has 7 heteroatoms. The number of fused-ring (bicyclic) bond motifs is 4. The molecule has 3 heterocycles. The van der Waals surface area contributed by atoms with E-state index in [1.54, 1.807) is 12.1 Å². The second-order valence-corrected chi connectivity index (χ2v) is 7.79. The Balaban J connectivity index is 1.56. The fraction of sp³-hybridized carbons (Fsp3) is 0.286. The maximum absolute atomic E-state index is 13.4. The van der Waals surface area contributed by atoms with E-state index in [0.717, 1.165) is 5.56 Å². The summed E-state index contributed by atoms with van der Waals surface area (Å²) in [6.07, 6.45) is 0. The second-order valence-electron chi connectivity index (χ2n) is 7.79. The molecule has 4 atom stereocenters. The van der Waals surface area contributed by atoms with E-state index in [0.29, 0.717) is 11.3 Å². The highest BCUT2D eigenvalue weighted by atomic mass is 19.1. The molecule has 0 bridgehead atoms. The molecule has 28 heavy (non-hydrogen) atoms. The second kappa shape index (κ2) is 5.72. The van der Waals surface area contributed by atoms with Crippen molar-refractivity contribution in [3.05, 3.63) is 65.5 Å². The largest absolute Gasteiger partial charge is 0.326 e. The van der Waals surface area contributed by atoms with Crippen molar-refractivity contribution in [3.63, 3.8) is 0 Å². The molecule has 142 valence electrons. The number of anilines is 1. The highest BCUT2D eigenvalue weighted by molar-refractivity contribution is 6.13. The van der Waals surface area contributed by atoms with Gasteiger partial charge in [0.1, 0.15) is 17.7 Å². The molecule has 3 amide bonds. The van der Waals surface area contributed by atoms with Crippen LogP contribution in [0.15, 0.2) is 48.5 Å². The quantitative estimate of drug-likeness (QED) is 0.754. The van der Waals surface area contributed by atoms with Gasteiger partial charge in [0, 0.05) is 5.56 Å². The van der Waals surface area contributed by atoms with Crippen LogP contribution in [0, 0.1) is 17.7 Å². The van der Waals surface area contributed by atoms with E-state index < -0.39 is 17.4 Å². The minimum atomic E-state index is -1.12. The van der Waals surface area contributed by atoms with Crippen LogP contribution in [0.5, 0.6) is 0 Å². The lowest BCUT2D eigenvalue weighted by Gasteiger charge is -2.25. The molecule has 2 aromatic carbocycles. The Bertz CT molecular complexity index is 1020. The number of amides is 3. The maximum Gasteiger partial charge on any atom is 0.291 e. The van der Waals surface area contributed by atoms with Crippen molar-refractivity contribution in [1.29, 1.82) is 0 Å². The number of hydrogen-bond donors (Lipinski definition) is 2. The zero-order chi connectivity index (χ0) is 19.6. The molecule has 0 saturated carbocycles. The molecule has 0 aliphatic carbocycles. The molecule has 3 N–H and O–H groups in total. The van der Waals surface area contributed by atoms with E-state index in [4.69, 9.17) is 0 Å². The Labute approximate surface area is 160 Å². The predicted molar refractivity (Wildman–Crippen MR) is 97.1 cm³/mol. The molecule has 2 saturated heterocycles. The van der Waals surface area contributed by atoms with Crippen LogP contribution < -0.4 is 10.6 Å². The molecular weight excluding hydrogens is 361 g/mol. The molecule has 2 fully saturated rings. The number of quaternary nitrogens is 1. The third-order valence-electron chi connectivity index (χ3n) is 6.28. The number of carbonyl (C=O) groups is 3. The van der Waals surface area contributed by atoms with Crippen LogP contribution in [0.3, 0.4) is 0 Å². The van der Waals surface area contributed by atoms with Gasteiger partial charge in [-0.2, -0.15) is 0 Å². The molecule has 3 aliphatic rings. The molecular formula is C21H19FN3O3+. The molecule has 5 rings (SSSR count). The summed E-state index contributed by atoms with van der Waals surface area (Å²) in [6.45, 7) is 1.96. The van der Waals surface area contributed by atoms with Crippen LogP contribution in [-0.2, 0) is 26.5 Å². The normalized spacial score (nSPS) is 30.7. The van der Waals surface area contributed by atoms with Gasteiger partial charge in [-0.1, -0.05) is 30.3 Å². The fourth-order valence-corrected chi connectivity index (χ4v) is 5.08. The minimum Gasteiger partial charge on any atom is -0.326 e. The van der Waals surface area contributed by atoms with Crippen molar-refractivity contribution in [2.45, 2.75) is 25.0 Å². The van der Waals surface area contributed by atoms with Crippen LogP contribution in [0.4, 0.5) is 10.1 Å². The van der Waals surface area contributed by atoms with Crippen LogP contribution >= 0.6 is 0 Å². The summed E-state index contributed by atoms with van der Waals surface area (Å²) in [5, 5.41) is 4.75. The van der Waals surface area contributed by atoms with Crippen molar-refractivity contribution >= 4 is 23.4 Å². The van der Waals surface area contributed by atoms with Gasteiger partial charge in [0.25, 0.3) is 5.91 Å². The van der Waals surface area contributed by atoms with E-state index in [2.05, 4.69) is 5.32 Å². The number of carbonyl (C=O) groups excluding carboxylic acids is 3. The summed E-state index contributed by atoms with van der Waals surface area (Å²) in [5.41, 5.74) is 0.994. The zero-order valence-electron chi connectivity index (χ0n) is 15.2. The molecule has 0 aromatic heterocycles. The lowest BCUT2D eigenvalue weighted by atomic mass is 9.76. The number of halogens is 1. The lowest BCUT2D eigenvalue weighted by Crippen LogP contribution is -2.98.